The smallest absolute Gasteiger partial charge is 0.359 e. The van der Waals surface area contributed by atoms with E-state index in [-0.39, 0.29) is 15.9 Å². The molecule has 0 aliphatic heterocycles. The van der Waals surface area contributed by atoms with E-state index in [1.54, 1.807) is 12.1 Å². The first-order valence-corrected chi connectivity index (χ1v) is 7.84. The summed E-state index contributed by atoms with van der Waals surface area (Å²) in [6, 6.07) is 10.1. The number of halogens is 3. The zero-order valence-corrected chi connectivity index (χ0v) is 14.6. The third-order valence-electron chi connectivity index (χ3n) is 2.47. The zero-order chi connectivity index (χ0) is 16.1. The molecule has 0 radical (unpaired) electrons. The third kappa shape index (κ3) is 4.82. The maximum Gasteiger partial charge on any atom is 0.359 e. The molecule has 1 amide bonds. The minimum absolute atomic E-state index is 0.104. The van der Waals surface area contributed by atoms with E-state index in [0.29, 0.717) is 5.69 Å². The van der Waals surface area contributed by atoms with E-state index in [9.17, 15) is 9.59 Å². The first-order valence-electron chi connectivity index (χ1n) is 6.00. The van der Waals surface area contributed by atoms with Gasteiger partial charge in [-0.25, -0.2) is 9.78 Å². The summed E-state index contributed by atoms with van der Waals surface area (Å²) < 4.78 is 5.91. The van der Waals surface area contributed by atoms with Crippen molar-refractivity contribution in [1.82, 2.24) is 4.98 Å². The molecule has 0 bridgehead atoms. The Morgan fingerprint density at radius 1 is 1.14 bits per heavy atom. The van der Waals surface area contributed by atoms with E-state index in [2.05, 4.69) is 32.9 Å². The van der Waals surface area contributed by atoms with Crippen LogP contribution in [0.5, 0.6) is 0 Å². The number of aromatic nitrogens is 1. The fourth-order valence-electron chi connectivity index (χ4n) is 1.49. The third-order valence-corrected chi connectivity index (χ3v) is 3.70. The van der Waals surface area contributed by atoms with Crippen molar-refractivity contribution in [3.63, 3.8) is 0 Å². The minimum Gasteiger partial charge on any atom is -0.451 e. The molecule has 0 fully saturated rings. The first-order chi connectivity index (χ1) is 10.5. The fraction of sp³-hybridized carbons (Fsp3) is 0.0714. The lowest BCUT2D eigenvalue weighted by Gasteiger charge is -2.07. The van der Waals surface area contributed by atoms with Crippen molar-refractivity contribution in [2.45, 2.75) is 0 Å². The SMILES string of the molecule is O=C(COC(=O)c1nc(Cl)ccc1Cl)Nc1ccc(I)cc1. The van der Waals surface area contributed by atoms with Crippen molar-refractivity contribution in [3.05, 3.63) is 55.8 Å². The molecule has 5 nitrogen and oxygen atoms in total. The van der Waals surface area contributed by atoms with E-state index in [1.807, 2.05) is 12.1 Å². The van der Waals surface area contributed by atoms with Crippen molar-refractivity contribution in [2.24, 2.45) is 0 Å². The highest BCUT2D eigenvalue weighted by molar-refractivity contribution is 14.1. The zero-order valence-electron chi connectivity index (χ0n) is 11.0. The molecule has 0 aliphatic rings. The number of nitrogens with zero attached hydrogens (tertiary/aromatic N) is 1. The Morgan fingerprint density at radius 2 is 1.82 bits per heavy atom. The van der Waals surface area contributed by atoms with Crippen LogP contribution in [0.4, 0.5) is 5.69 Å². The summed E-state index contributed by atoms with van der Waals surface area (Å²) in [5.74, 6) is -1.28. The number of ether oxygens (including phenoxy) is 1. The Hall–Kier alpha value is -1.38. The lowest BCUT2D eigenvalue weighted by atomic mass is 10.3. The maximum absolute atomic E-state index is 11.8. The van der Waals surface area contributed by atoms with Crippen molar-refractivity contribution < 1.29 is 14.3 Å². The molecule has 1 heterocycles. The fourth-order valence-corrected chi connectivity index (χ4v) is 2.18. The molecule has 1 N–H and O–H groups in total. The number of esters is 1. The average Bonchev–Trinajstić information content (AvgIpc) is 2.49. The Labute approximate surface area is 150 Å². The predicted octanol–water partition coefficient (Wildman–Crippen LogP) is 3.79. The monoisotopic (exact) mass is 450 g/mol. The summed E-state index contributed by atoms with van der Waals surface area (Å²) >= 11 is 13.7. The van der Waals surface area contributed by atoms with Gasteiger partial charge in [0.15, 0.2) is 12.3 Å². The Balaban J connectivity index is 1.91. The van der Waals surface area contributed by atoms with Crippen molar-refractivity contribution in [3.8, 4) is 0 Å². The van der Waals surface area contributed by atoms with Crippen molar-refractivity contribution in [1.29, 1.82) is 0 Å². The van der Waals surface area contributed by atoms with Crippen molar-refractivity contribution >= 4 is 63.4 Å². The molecule has 8 heteroatoms. The minimum atomic E-state index is -0.815. The molecule has 0 saturated carbocycles. The molecule has 0 atom stereocenters. The maximum atomic E-state index is 11.8. The normalized spacial score (nSPS) is 10.1. The largest absolute Gasteiger partial charge is 0.451 e. The van der Waals surface area contributed by atoms with Crippen LogP contribution in [0.2, 0.25) is 10.2 Å². The van der Waals surface area contributed by atoms with E-state index in [1.165, 1.54) is 12.1 Å². The molecule has 1 aromatic heterocycles. The summed E-state index contributed by atoms with van der Waals surface area (Å²) in [6.45, 7) is -0.449. The van der Waals surface area contributed by atoms with E-state index in [0.717, 1.165) is 3.57 Å². The number of anilines is 1. The lowest BCUT2D eigenvalue weighted by molar-refractivity contribution is -0.119. The highest BCUT2D eigenvalue weighted by atomic mass is 127. The second-order valence-electron chi connectivity index (χ2n) is 4.10. The van der Waals surface area contributed by atoms with Gasteiger partial charge in [0.1, 0.15) is 5.15 Å². The summed E-state index contributed by atoms with van der Waals surface area (Å²) in [6.07, 6.45) is 0. The number of rotatable bonds is 4. The highest BCUT2D eigenvalue weighted by Crippen LogP contribution is 2.17. The van der Waals surface area contributed by atoms with Crippen LogP contribution in [-0.4, -0.2) is 23.5 Å². The predicted molar refractivity (Wildman–Crippen MR) is 92.3 cm³/mol. The van der Waals surface area contributed by atoms with Gasteiger partial charge in [-0.2, -0.15) is 0 Å². The summed E-state index contributed by atoms with van der Waals surface area (Å²) in [4.78, 5) is 27.3. The number of carbonyl (C=O) groups excluding carboxylic acids is 2. The van der Waals surface area contributed by atoms with Crippen LogP contribution in [0.1, 0.15) is 10.5 Å². The van der Waals surface area contributed by atoms with Gasteiger partial charge in [-0.05, 0) is 59.0 Å². The highest BCUT2D eigenvalue weighted by Gasteiger charge is 2.16. The van der Waals surface area contributed by atoms with Crippen LogP contribution in [0, 0.1) is 3.57 Å². The molecule has 2 rings (SSSR count). The van der Waals surface area contributed by atoms with Crippen LogP contribution in [0.25, 0.3) is 0 Å². The van der Waals surface area contributed by atoms with Crippen LogP contribution in [-0.2, 0) is 9.53 Å². The number of pyridine rings is 1. The Kier molecular flexibility index (Phi) is 5.98. The van der Waals surface area contributed by atoms with Gasteiger partial charge in [0.05, 0.1) is 5.02 Å². The molecular formula is C14H9Cl2IN2O3. The molecule has 2 aromatic rings. The average molecular weight is 451 g/mol. The van der Waals surface area contributed by atoms with Gasteiger partial charge in [-0.15, -0.1) is 0 Å². The molecule has 0 saturated heterocycles. The van der Waals surface area contributed by atoms with Crippen LogP contribution < -0.4 is 5.32 Å². The van der Waals surface area contributed by atoms with Crippen LogP contribution in [0.15, 0.2) is 36.4 Å². The van der Waals surface area contributed by atoms with Crippen LogP contribution in [0.3, 0.4) is 0 Å². The lowest BCUT2D eigenvalue weighted by Crippen LogP contribution is -2.21. The number of hydrogen-bond acceptors (Lipinski definition) is 4. The van der Waals surface area contributed by atoms with Gasteiger partial charge >= 0.3 is 5.97 Å². The van der Waals surface area contributed by atoms with Gasteiger partial charge in [0.25, 0.3) is 5.91 Å². The first kappa shape index (κ1) is 17.0. The molecule has 1 aromatic carbocycles. The molecule has 0 aliphatic carbocycles. The van der Waals surface area contributed by atoms with Gasteiger partial charge in [-0.1, -0.05) is 23.2 Å². The van der Waals surface area contributed by atoms with Crippen molar-refractivity contribution in [2.75, 3.05) is 11.9 Å². The topological polar surface area (TPSA) is 68.3 Å². The quantitative estimate of drug-likeness (QED) is 0.437. The molecule has 114 valence electrons. The summed E-state index contributed by atoms with van der Waals surface area (Å²) in [5.41, 5.74) is 0.483. The van der Waals surface area contributed by atoms with E-state index < -0.39 is 18.5 Å². The van der Waals surface area contributed by atoms with Gasteiger partial charge in [-0.3, -0.25) is 4.79 Å². The molecule has 0 unspecified atom stereocenters. The number of carbonyl (C=O) groups is 2. The van der Waals surface area contributed by atoms with Gasteiger partial charge < -0.3 is 10.1 Å². The van der Waals surface area contributed by atoms with E-state index >= 15 is 0 Å². The molecule has 22 heavy (non-hydrogen) atoms. The van der Waals surface area contributed by atoms with Gasteiger partial charge in [0, 0.05) is 9.26 Å². The summed E-state index contributed by atoms with van der Waals surface area (Å²) in [5, 5.41) is 2.82. The molecular weight excluding hydrogens is 442 g/mol. The second-order valence-corrected chi connectivity index (χ2v) is 6.14. The standard InChI is InChI=1S/C14H9Cl2IN2O3/c15-10-5-6-11(16)19-13(10)14(21)22-7-12(20)18-9-3-1-8(17)2-4-9/h1-6H,7H2,(H,18,20). The number of amides is 1. The number of nitrogens with one attached hydrogen (secondary N) is 1. The number of hydrogen-bond donors (Lipinski definition) is 1. The van der Waals surface area contributed by atoms with Crippen LogP contribution >= 0.6 is 45.8 Å². The molecule has 0 spiro atoms. The second kappa shape index (κ2) is 7.75. The summed E-state index contributed by atoms with van der Waals surface area (Å²) in [7, 11) is 0. The Morgan fingerprint density at radius 3 is 2.50 bits per heavy atom. The van der Waals surface area contributed by atoms with Gasteiger partial charge in [0.2, 0.25) is 0 Å². The Bertz CT molecular complexity index is 708. The number of benzene rings is 1. The van der Waals surface area contributed by atoms with E-state index in [4.69, 9.17) is 27.9 Å².